The van der Waals surface area contributed by atoms with Crippen molar-refractivity contribution in [3.63, 3.8) is 0 Å². The van der Waals surface area contributed by atoms with Gasteiger partial charge < -0.3 is 15.5 Å². The molecule has 0 unspecified atom stereocenters. The monoisotopic (exact) mass is 367 g/mol. The number of hydrogen-bond donors (Lipinski definition) is 3. The Bertz CT molecular complexity index is 1110. The van der Waals surface area contributed by atoms with Crippen molar-refractivity contribution in [2.24, 2.45) is 0 Å². The number of aryl methyl sites for hydroxylation is 2. The van der Waals surface area contributed by atoms with Crippen molar-refractivity contribution in [2.45, 2.75) is 22.6 Å². The summed E-state index contributed by atoms with van der Waals surface area (Å²) in [5.74, 6) is -0.317. The SMILES string of the molecule is O=S1(=O)c2ccccc2Nc2c(CCc3ccc(O)c(O)c3)cccc21. The number of benzene rings is 3. The third kappa shape index (κ3) is 2.68. The van der Waals surface area contributed by atoms with Crippen LogP contribution in [0.5, 0.6) is 11.5 Å². The Kier molecular flexibility index (Phi) is 3.85. The number of sulfone groups is 1. The van der Waals surface area contributed by atoms with E-state index in [-0.39, 0.29) is 21.3 Å². The predicted molar refractivity (Wildman–Crippen MR) is 98.8 cm³/mol. The van der Waals surface area contributed by atoms with Gasteiger partial charge in [-0.15, -0.1) is 0 Å². The highest BCUT2D eigenvalue weighted by Gasteiger charge is 2.30. The molecule has 1 aliphatic rings. The Hall–Kier alpha value is -2.99. The van der Waals surface area contributed by atoms with E-state index in [4.69, 9.17) is 0 Å². The van der Waals surface area contributed by atoms with Crippen LogP contribution in [0.4, 0.5) is 11.4 Å². The molecule has 0 atom stereocenters. The van der Waals surface area contributed by atoms with Crippen molar-refractivity contribution in [3.8, 4) is 11.5 Å². The predicted octanol–water partition coefficient (Wildman–Crippen LogP) is 3.77. The van der Waals surface area contributed by atoms with Crippen molar-refractivity contribution in [1.29, 1.82) is 0 Å². The van der Waals surface area contributed by atoms with Crippen molar-refractivity contribution in [2.75, 3.05) is 5.32 Å². The molecule has 5 nitrogen and oxygen atoms in total. The summed E-state index contributed by atoms with van der Waals surface area (Å²) in [4.78, 5) is 0.565. The minimum Gasteiger partial charge on any atom is -0.504 e. The molecule has 0 radical (unpaired) electrons. The fourth-order valence-corrected chi connectivity index (χ4v) is 4.82. The Morgan fingerprint density at radius 1 is 0.808 bits per heavy atom. The molecule has 1 heterocycles. The van der Waals surface area contributed by atoms with Gasteiger partial charge in [0.2, 0.25) is 9.84 Å². The lowest BCUT2D eigenvalue weighted by Gasteiger charge is -2.23. The number of fused-ring (bicyclic) bond motifs is 2. The van der Waals surface area contributed by atoms with Gasteiger partial charge in [-0.2, -0.15) is 0 Å². The van der Waals surface area contributed by atoms with E-state index in [0.717, 1.165) is 11.1 Å². The normalized spacial score (nSPS) is 14.2. The summed E-state index contributed by atoms with van der Waals surface area (Å²) < 4.78 is 25.8. The molecular weight excluding hydrogens is 350 g/mol. The molecule has 3 aromatic carbocycles. The summed E-state index contributed by atoms with van der Waals surface area (Å²) in [7, 11) is -3.55. The highest BCUT2D eigenvalue weighted by molar-refractivity contribution is 7.92. The lowest BCUT2D eigenvalue weighted by molar-refractivity contribution is 0.403. The van der Waals surface area contributed by atoms with Crippen LogP contribution in [0.25, 0.3) is 0 Å². The maximum Gasteiger partial charge on any atom is 0.210 e. The number of hydrogen-bond acceptors (Lipinski definition) is 5. The largest absolute Gasteiger partial charge is 0.504 e. The molecule has 3 N–H and O–H groups in total. The van der Waals surface area contributed by atoms with Crippen LogP contribution in [-0.4, -0.2) is 18.6 Å². The zero-order valence-corrected chi connectivity index (χ0v) is 14.6. The van der Waals surface area contributed by atoms with Crippen LogP contribution >= 0.6 is 0 Å². The second-order valence-corrected chi connectivity index (χ2v) is 8.12. The quantitative estimate of drug-likeness (QED) is 0.480. The van der Waals surface area contributed by atoms with Crippen LogP contribution in [0, 0.1) is 0 Å². The summed E-state index contributed by atoms with van der Waals surface area (Å²) in [6.07, 6.45) is 1.20. The second kappa shape index (κ2) is 6.07. The second-order valence-electron chi connectivity index (χ2n) is 6.24. The minimum absolute atomic E-state index is 0.157. The summed E-state index contributed by atoms with van der Waals surface area (Å²) in [5.41, 5.74) is 2.93. The number of phenols is 2. The van der Waals surface area contributed by atoms with Crippen molar-refractivity contribution in [1.82, 2.24) is 0 Å². The molecule has 132 valence electrons. The van der Waals surface area contributed by atoms with Gasteiger partial charge in [0.25, 0.3) is 0 Å². The molecule has 0 fully saturated rings. The van der Waals surface area contributed by atoms with E-state index in [1.165, 1.54) is 12.1 Å². The van der Waals surface area contributed by atoms with E-state index in [1.54, 1.807) is 42.5 Å². The maximum absolute atomic E-state index is 12.9. The molecule has 4 rings (SSSR count). The Balaban J connectivity index is 1.70. The van der Waals surface area contributed by atoms with Gasteiger partial charge in [-0.3, -0.25) is 0 Å². The first-order chi connectivity index (χ1) is 12.5. The van der Waals surface area contributed by atoms with Crippen LogP contribution in [0.15, 0.2) is 70.5 Å². The molecule has 26 heavy (non-hydrogen) atoms. The summed E-state index contributed by atoms with van der Waals surface area (Å²) >= 11 is 0. The maximum atomic E-state index is 12.9. The van der Waals surface area contributed by atoms with E-state index < -0.39 is 9.84 Å². The van der Waals surface area contributed by atoms with Gasteiger partial charge in [-0.05, 0) is 54.3 Å². The van der Waals surface area contributed by atoms with Gasteiger partial charge in [0.1, 0.15) is 0 Å². The number of anilines is 2. The zero-order chi connectivity index (χ0) is 18.3. The Morgan fingerprint density at radius 2 is 1.58 bits per heavy atom. The summed E-state index contributed by atoms with van der Waals surface area (Å²) in [6.45, 7) is 0. The first-order valence-electron chi connectivity index (χ1n) is 8.21. The number of para-hydroxylation sites is 2. The summed E-state index contributed by atoms with van der Waals surface area (Å²) in [5, 5.41) is 22.3. The van der Waals surface area contributed by atoms with E-state index >= 15 is 0 Å². The van der Waals surface area contributed by atoms with Gasteiger partial charge in [0.05, 0.1) is 21.2 Å². The van der Waals surface area contributed by atoms with Crippen LogP contribution in [0.1, 0.15) is 11.1 Å². The van der Waals surface area contributed by atoms with Gasteiger partial charge in [0, 0.05) is 0 Å². The smallest absolute Gasteiger partial charge is 0.210 e. The van der Waals surface area contributed by atoms with Crippen LogP contribution in [0.2, 0.25) is 0 Å². The lowest BCUT2D eigenvalue weighted by atomic mass is 10.0. The standard InChI is InChI=1S/C20H17NO4S/c22-16-11-9-13(12-17(16)23)8-10-14-4-3-7-19-20(14)21-15-5-1-2-6-18(15)26(19,24)25/h1-7,9,11-12,21-23H,8,10H2. The highest BCUT2D eigenvalue weighted by atomic mass is 32.2. The average molecular weight is 367 g/mol. The van der Waals surface area contributed by atoms with Crippen LogP contribution in [0.3, 0.4) is 0 Å². The molecule has 0 aromatic heterocycles. The molecule has 0 spiro atoms. The summed E-state index contributed by atoms with van der Waals surface area (Å²) in [6, 6.07) is 16.8. The van der Waals surface area contributed by atoms with Crippen molar-refractivity contribution < 1.29 is 18.6 Å². The molecule has 0 aliphatic carbocycles. The Labute approximate surface area is 151 Å². The first-order valence-corrected chi connectivity index (χ1v) is 9.69. The topological polar surface area (TPSA) is 86.6 Å². The minimum atomic E-state index is -3.55. The van der Waals surface area contributed by atoms with Gasteiger partial charge in [-0.1, -0.05) is 30.3 Å². The number of phenolic OH excluding ortho intramolecular Hbond substituents is 2. The molecule has 6 heteroatoms. The average Bonchev–Trinajstić information content (AvgIpc) is 2.63. The van der Waals surface area contributed by atoms with Gasteiger partial charge in [-0.25, -0.2) is 8.42 Å². The lowest BCUT2D eigenvalue weighted by Crippen LogP contribution is -2.15. The van der Waals surface area contributed by atoms with E-state index in [2.05, 4.69) is 5.32 Å². The molecule has 0 amide bonds. The molecular formula is C20H17NO4S. The van der Waals surface area contributed by atoms with Crippen LogP contribution < -0.4 is 5.32 Å². The first kappa shape index (κ1) is 16.5. The molecule has 0 bridgehead atoms. The number of nitrogens with one attached hydrogen (secondary N) is 1. The van der Waals surface area contributed by atoms with Gasteiger partial charge in [0.15, 0.2) is 11.5 Å². The third-order valence-corrected chi connectivity index (χ3v) is 6.42. The molecule has 0 saturated carbocycles. The van der Waals surface area contributed by atoms with Crippen LogP contribution in [-0.2, 0) is 22.7 Å². The highest BCUT2D eigenvalue weighted by Crippen LogP contribution is 2.41. The Morgan fingerprint density at radius 3 is 2.38 bits per heavy atom. The van der Waals surface area contributed by atoms with Gasteiger partial charge >= 0.3 is 0 Å². The van der Waals surface area contributed by atoms with Crippen molar-refractivity contribution in [3.05, 3.63) is 71.8 Å². The fraction of sp³-hybridized carbons (Fsp3) is 0.100. The van der Waals surface area contributed by atoms with E-state index in [0.29, 0.717) is 24.2 Å². The number of aromatic hydroxyl groups is 2. The van der Waals surface area contributed by atoms with Crippen molar-refractivity contribution >= 4 is 21.2 Å². The van der Waals surface area contributed by atoms with E-state index in [9.17, 15) is 18.6 Å². The third-order valence-electron chi connectivity index (χ3n) is 4.56. The molecule has 3 aromatic rings. The van der Waals surface area contributed by atoms with E-state index in [1.807, 2.05) is 6.07 Å². The molecule has 1 aliphatic heterocycles. The number of rotatable bonds is 3. The fourth-order valence-electron chi connectivity index (χ4n) is 3.21. The molecule has 0 saturated heterocycles. The zero-order valence-electron chi connectivity index (χ0n) is 13.8.